The number of aliphatic hydroxyl groups excluding tert-OH is 1. The number of hydrogen-bond donors (Lipinski definition) is 3. The van der Waals surface area contributed by atoms with Crippen molar-refractivity contribution in [1.82, 2.24) is 5.32 Å². The van der Waals surface area contributed by atoms with E-state index in [1.807, 2.05) is 0 Å². The summed E-state index contributed by atoms with van der Waals surface area (Å²) in [5, 5.41) is 20.5. The smallest absolute Gasteiger partial charge is 0.332 e. The van der Waals surface area contributed by atoms with Crippen LogP contribution in [0.4, 0.5) is 0 Å². The molecule has 6 heteroatoms. The standard InChI is InChI=1S/C12H14ClNO4/c13-9-4-2-1-3-8(9)7-11(16)14-6-5-10(15)12(17)18/h1-4,10,15H,5-7H2,(H,14,16)(H,17,18). The molecule has 0 aliphatic rings. The van der Waals surface area contributed by atoms with E-state index < -0.39 is 12.1 Å². The van der Waals surface area contributed by atoms with Crippen molar-refractivity contribution in [1.29, 1.82) is 0 Å². The van der Waals surface area contributed by atoms with Gasteiger partial charge in [-0.15, -0.1) is 0 Å². The minimum Gasteiger partial charge on any atom is -0.479 e. The van der Waals surface area contributed by atoms with Crippen LogP contribution in [0.1, 0.15) is 12.0 Å². The van der Waals surface area contributed by atoms with E-state index >= 15 is 0 Å². The number of halogens is 1. The number of rotatable bonds is 6. The van der Waals surface area contributed by atoms with E-state index in [2.05, 4.69) is 5.32 Å². The molecule has 98 valence electrons. The van der Waals surface area contributed by atoms with E-state index in [1.54, 1.807) is 24.3 Å². The fourth-order valence-electron chi connectivity index (χ4n) is 1.35. The molecule has 0 fully saturated rings. The van der Waals surface area contributed by atoms with Gasteiger partial charge in [-0.05, 0) is 11.6 Å². The van der Waals surface area contributed by atoms with Crippen molar-refractivity contribution >= 4 is 23.5 Å². The van der Waals surface area contributed by atoms with Crippen LogP contribution in [0, 0.1) is 0 Å². The number of carbonyl (C=O) groups excluding carboxylic acids is 1. The molecule has 0 saturated carbocycles. The topological polar surface area (TPSA) is 86.6 Å². The van der Waals surface area contributed by atoms with E-state index in [9.17, 15) is 9.59 Å². The number of aliphatic carboxylic acids is 1. The number of hydrogen-bond acceptors (Lipinski definition) is 3. The third-order valence-corrected chi connectivity index (χ3v) is 2.70. The largest absolute Gasteiger partial charge is 0.479 e. The first-order valence-electron chi connectivity index (χ1n) is 5.41. The van der Waals surface area contributed by atoms with Crippen molar-refractivity contribution in [2.45, 2.75) is 18.9 Å². The minimum absolute atomic E-state index is 0.0242. The lowest BCUT2D eigenvalue weighted by Gasteiger charge is -2.08. The van der Waals surface area contributed by atoms with Gasteiger partial charge in [0.05, 0.1) is 6.42 Å². The molecule has 1 rings (SSSR count). The Morgan fingerprint density at radius 2 is 2.00 bits per heavy atom. The molecule has 0 aliphatic carbocycles. The number of carbonyl (C=O) groups is 2. The summed E-state index contributed by atoms with van der Waals surface area (Å²) < 4.78 is 0. The van der Waals surface area contributed by atoms with Gasteiger partial charge in [0.1, 0.15) is 0 Å². The highest BCUT2D eigenvalue weighted by Gasteiger charge is 2.13. The van der Waals surface area contributed by atoms with Gasteiger partial charge in [0, 0.05) is 18.0 Å². The van der Waals surface area contributed by atoms with Crippen LogP contribution >= 0.6 is 11.6 Å². The molecule has 0 spiro atoms. The molecule has 0 bridgehead atoms. The lowest BCUT2D eigenvalue weighted by molar-refractivity contribution is -0.147. The quantitative estimate of drug-likeness (QED) is 0.715. The number of aliphatic hydroxyl groups is 1. The zero-order chi connectivity index (χ0) is 13.5. The first kappa shape index (κ1) is 14.5. The SMILES string of the molecule is O=C(Cc1ccccc1Cl)NCCC(O)C(=O)O. The first-order valence-corrected chi connectivity index (χ1v) is 5.79. The van der Waals surface area contributed by atoms with Crippen molar-refractivity contribution in [2.24, 2.45) is 0 Å². The van der Waals surface area contributed by atoms with Crippen LogP contribution in [-0.4, -0.2) is 34.7 Å². The third-order valence-electron chi connectivity index (χ3n) is 2.33. The second kappa shape index (κ2) is 6.98. The Morgan fingerprint density at radius 3 is 2.61 bits per heavy atom. The lowest BCUT2D eigenvalue weighted by atomic mass is 10.1. The van der Waals surface area contributed by atoms with Crippen LogP contribution in [0.2, 0.25) is 5.02 Å². The highest BCUT2D eigenvalue weighted by atomic mass is 35.5. The maximum atomic E-state index is 11.5. The van der Waals surface area contributed by atoms with E-state index in [-0.39, 0.29) is 25.3 Å². The van der Waals surface area contributed by atoms with Gasteiger partial charge < -0.3 is 15.5 Å². The Balaban J connectivity index is 2.35. The molecule has 0 aromatic heterocycles. The second-order valence-electron chi connectivity index (χ2n) is 3.76. The Bertz CT molecular complexity index is 436. The molecule has 0 radical (unpaired) electrons. The van der Waals surface area contributed by atoms with E-state index in [4.69, 9.17) is 21.8 Å². The molecule has 1 atom stereocenters. The van der Waals surface area contributed by atoms with E-state index in [1.165, 1.54) is 0 Å². The van der Waals surface area contributed by atoms with Crippen molar-refractivity contribution in [3.8, 4) is 0 Å². The number of benzene rings is 1. The van der Waals surface area contributed by atoms with Gasteiger partial charge in [-0.1, -0.05) is 29.8 Å². The van der Waals surface area contributed by atoms with Crippen LogP contribution in [0.5, 0.6) is 0 Å². The summed E-state index contributed by atoms with van der Waals surface area (Å²) in [7, 11) is 0. The maximum absolute atomic E-state index is 11.5. The average Bonchev–Trinajstić information content (AvgIpc) is 2.32. The molecular formula is C12H14ClNO4. The van der Waals surface area contributed by atoms with Crippen LogP contribution in [-0.2, 0) is 16.0 Å². The number of nitrogens with one attached hydrogen (secondary N) is 1. The van der Waals surface area contributed by atoms with Gasteiger partial charge in [0.2, 0.25) is 5.91 Å². The van der Waals surface area contributed by atoms with Crippen LogP contribution in [0.3, 0.4) is 0 Å². The van der Waals surface area contributed by atoms with Gasteiger partial charge in [-0.25, -0.2) is 4.79 Å². The molecule has 5 nitrogen and oxygen atoms in total. The fraction of sp³-hybridized carbons (Fsp3) is 0.333. The van der Waals surface area contributed by atoms with Crippen LogP contribution in [0.25, 0.3) is 0 Å². The number of amides is 1. The van der Waals surface area contributed by atoms with Gasteiger partial charge in [0.25, 0.3) is 0 Å². The van der Waals surface area contributed by atoms with Gasteiger partial charge in [-0.2, -0.15) is 0 Å². The molecule has 1 aromatic carbocycles. The Hall–Kier alpha value is -1.59. The molecule has 0 aliphatic heterocycles. The summed E-state index contributed by atoms with van der Waals surface area (Å²) >= 11 is 5.90. The predicted molar refractivity (Wildman–Crippen MR) is 66.4 cm³/mol. The monoisotopic (exact) mass is 271 g/mol. The van der Waals surface area contributed by atoms with E-state index in [0.717, 1.165) is 0 Å². The highest BCUT2D eigenvalue weighted by molar-refractivity contribution is 6.31. The summed E-state index contributed by atoms with van der Waals surface area (Å²) in [6.45, 7) is 0.108. The molecule has 1 aromatic rings. The molecule has 0 saturated heterocycles. The molecule has 3 N–H and O–H groups in total. The normalized spacial score (nSPS) is 11.9. The van der Waals surface area contributed by atoms with Crippen molar-refractivity contribution in [3.63, 3.8) is 0 Å². The Labute approximate surface area is 109 Å². The minimum atomic E-state index is -1.45. The zero-order valence-corrected chi connectivity index (χ0v) is 10.4. The van der Waals surface area contributed by atoms with Crippen molar-refractivity contribution in [3.05, 3.63) is 34.9 Å². The van der Waals surface area contributed by atoms with Crippen LogP contribution < -0.4 is 5.32 Å². The van der Waals surface area contributed by atoms with Crippen molar-refractivity contribution < 1.29 is 19.8 Å². The van der Waals surface area contributed by atoms with Crippen LogP contribution in [0.15, 0.2) is 24.3 Å². The summed E-state index contributed by atoms with van der Waals surface area (Å²) in [6.07, 6.45) is -1.35. The maximum Gasteiger partial charge on any atom is 0.332 e. The summed E-state index contributed by atoms with van der Waals surface area (Å²) in [5.41, 5.74) is 0.704. The third kappa shape index (κ3) is 4.73. The number of carboxylic acids is 1. The average molecular weight is 272 g/mol. The second-order valence-corrected chi connectivity index (χ2v) is 4.17. The highest BCUT2D eigenvalue weighted by Crippen LogP contribution is 2.15. The summed E-state index contributed by atoms with van der Waals surface area (Å²) in [4.78, 5) is 21.8. The molecule has 1 amide bonds. The Morgan fingerprint density at radius 1 is 1.33 bits per heavy atom. The Kier molecular flexibility index (Phi) is 5.61. The summed E-state index contributed by atoms with van der Waals surface area (Å²) in [6, 6.07) is 6.99. The van der Waals surface area contributed by atoms with Gasteiger partial charge in [-0.3, -0.25) is 4.79 Å². The van der Waals surface area contributed by atoms with Crippen molar-refractivity contribution in [2.75, 3.05) is 6.54 Å². The zero-order valence-electron chi connectivity index (χ0n) is 9.60. The number of carboxylic acid groups (broad SMARTS) is 1. The fourth-order valence-corrected chi connectivity index (χ4v) is 1.55. The molecular weight excluding hydrogens is 258 g/mol. The summed E-state index contributed by atoms with van der Waals surface area (Å²) in [5.74, 6) is -1.56. The van der Waals surface area contributed by atoms with Gasteiger partial charge >= 0.3 is 5.97 Å². The lowest BCUT2D eigenvalue weighted by Crippen LogP contribution is -2.31. The van der Waals surface area contributed by atoms with E-state index in [0.29, 0.717) is 10.6 Å². The van der Waals surface area contributed by atoms with Gasteiger partial charge in [0.15, 0.2) is 6.10 Å². The molecule has 0 heterocycles. The molecule has 1 unspecified atom stereocenters. The predicted octanol–water partition coefficient (Wildman–Crippen LogP) is 0.834. The molecule has 18 heavy (non-hydrogen) atoms. The first-order chi connectivity index (χ1) is 8.50.